The van der Waals surface area contributed by atoms with E-state index in [1.54, 1.807) is 0 Å². The van der Waals surface area contributed by atoms with Crippen LogP contribution in [0.1, 0.15) is 0 Å². The fourth-order valence-corrected chi connectivity index (χ4v) is 0. The Morgan fingerprint density at radius 1 is 0.750 bits per heavy atom. The van der Waals surface area contributed by atoms with Crippen LogP contribution in [0.5, 0.6) is 0 Å². The van der Waals surface area contributed by atoms with E-state index >= 15 is 0 Å². The minimum atomic E-state index is 0. The van der Waals surface area contributed by atoms with Crippen molar-refractivity contribution in [2.45, 2.75) is 0 Å². The van der Waals surface area contributed by atoms with E-state index in [9.17, 15) is 0 Å². The van der Waals surface area contributed by atoms with E-state index in [2.05, 4.69) is 0 Å². The molecule has 0 aliphatic rings. The van der Waals surface area contributed by atoms with Crippen LogP contribution >= 0.6 is 0 Å². The molecular weight excluding hydrogens is 99.1 g/mol. The zero-order valence-corrected chi connectivity index (χ0v) is 5.46. The summed E-state index contributed by atoms with van der Waals surface area (Å²) in [5.41, 5.74) is 0. The molecule has 0 saturated heterocycles. The van der Waals surface area contributed by atoms with Crippen LogP contribution in [-0.2, 0) is 11.0 Å². The molecule has 0 amide bonds. The Bertz CT molecular complexity index is 6.00. The Morgan fingerprint density at radius 2 is 0.750 bits per heavy atom. The number of hydrogen-bond donors (Lipinski definition) is 0. The molecule has 2 nitrogen and oxygen atoms in total. The van der Waals surface area contributed by atoms with E-state index in [-0.39, 0.29) is 66.1 Å². The fourth-order valence-electron chi connectivity index (χ4n) is 0. The van der Waals surface area contributed by atoms with Gasteiger partial charge in [0.15, 0.2) is 0 Å². The van der Waals surface area contributed by atoms with Crippen LogP contribution in [0.4, 0.5) is 0 Å². The standard InChI is InChI=1S/Al.Ca.2O/q+3;+2;2*-2. The van der Waals surface area contributed by atoms with Crippen molar-refractivity contribution in [1.82, 2.24) is 0 Å². The summed E-state index contributed by atoms with van der Waals surface area (Å²) in [6.07, 6.45) is 0. The van der Waals surface area contributed by atoms with Gasteiger partial charge in [0.1, 0.15) is 0 Å². The van der Waals surface area contributed by atoms with Crippen molar-refractivity contribution in [2.75, 3.05) is 0 Å². The Hall–Kier alpha value is 1.71. The first-order valence-corrected chi connectivity index (χ1v) is 0. The summed E-state index contributed by atoms with van der Waals surface area (Å²) >= 11 is 0. The van der Waals surface area contributed by atoms with Crippen LogP contribution in [0, 0.1) is 0 Å². The van der Waals surface area contributed by atoms with Crippen LogP contribution in [0.25, 0.3) is 0 Å². The van der Waals surface area contributed by atoms with E-state index in [1.165, 1.54) is 0 Å². The minimum absolute atomic E-state index is 0. The summed E-state index contributed by atoms with van der Waals surface area (Å²) in [6, 6.07) is 0. The first kappa shape index (κ1) is 43.3. The Balaban J connectivity index is 0. The normalized spacial score (nSPS) is 0. The molecule has 0 saturated carbocycles. The molecule has 0 fully saturated rings. The van der Waals surface area contributed by atoms with Gasteiger partial charge in [-0.25, -0.2) is 0 Å². The van der Waals surface area contributed by atoms with Crippen molar-refractivity contribution >= 4 is 55.1 Å². The average Bonchev–Trinajstić information content (AvgIpc) is 0. The fraction of sp³-hybridized carbons (Fsp3) is 0. The van der Waals surface area contributed by atoms with Crippen LogP contribution < -0.4 is 0 Å². The van der Waals surface area contributed by atoms with E-state index in [0.29, 0.717) is 0 Å². The van der Waals surface area contributed by atoms with E-state index in [4.69, 9.17) is 0 Å². The molecular formula is AlCaO2+. The molecule has 4 heavy (non-hydrogen) atoms. The molecule has 0 radical (unpaired) electrons. The number of rotatable bonds is 0. The summed E-state index contributed by atoms with van der Waals surface area (Å²) in [4.78, 5) is 0. The first-order chi connectivity index (χ1) is 0. The summed E-state index contributed by atoms with van der Waals surface area (Å²) in [7, 11) is 0. The van der Waals surface area contributed by atoms with Gasteiger partial charge in [0.25, 0.3) is 0 Å². The van der Waals surface area contributed by atoms with Gasteiger partial charge in [-0.1, -0.05) is 0 Å². The van der Waals surface area contributed by atoms with Crippen LogP contribution in [0.15, 0.2) is 0 Å². The van der Waals surface area contributed by atoms with Crippen molar-refractivity contribution in [1.29, 1.82) is 0 Å². The predicted octanol–water partition coefficient (Wildman–Crippen LogP) is -0.999. The topological polar surface area (TPSA) is 57.0 Å². The summed E-state index contributed by atoms with van der Waals surface area (Å²) < 4.78 is 0. The third-order valence-electron chi connectivity index (χ3n) is 0. The maximum absolute atomic E-state index is 0. The molecule has 0 aromatic heterocycles. The molecule has 0 aliphatic carbocycles. The minimum Gasteiger partial charge on any atom is -2.00 e. The summed E-state index contributed by atoms with van der Waals surface area (Å²) in [5, 5.41) is 0. The monoisotopic (exact) mass is 98.9 g/mol. The van der Waals surface area contributed by atoms with Gasteiger partial charge in [0.2, 0.25) is 0 Å². The maximum Gasteiger partial charge on any atom is 3.00 e. The molecule has 0 spiro atoms. The zero-order valence-electron chi connectivity index (χ0n) is 2.10. The van der Waals surface area contributed by atoms with Gasteiger partial charge < -0.3 is 11.0 Å². The Labute approximate surface area is 65.3 Å². The van der Waals surface area contributed by atoms with Crippen molar-refractivity contribution in [3.63, 3.8) is 0 Å². The summed E-state index contributed by atoms with van der Waals surface area (Å²) in [5.74, 6) is 0. The van der Waals surface area contributed by atoms with Crippen LogP contribution in [0.2, 0.25) is 0 Å². The van der Waals surface area contributed by atoms with Crippen molar-refractivity contribution < 1.29 is 11.0 Å². The molecule has 0 N–H and O–H groups in total. The second kappa shape index (κ2) is 22.2. The third kappa shape index (κ3) is 9.31. The molecule has 0 aromatic rings. The van der Waals surface area contributed by atoms with Gasteiger partial charge in [0.05, 0.1) is 0 Å². The smallest absolute Gasteiger partial charge is 2.00 e. The molecule has 0 unspecified atom stereocenters. The van der Waals surface area contributed by atoms with Gasteiger partial charge in [0, 0.05) is 0 Å². The van der Waals surface area contributed by atoms with Gasteiger partial charge in [-0.3, -0.25) is 0 Å². The van der Waals surface area contributed by atoms with Crippen molar-refractivity contribution in [3.8, 4) is 0 Å². The van der Waals surface area contributed by atoms with Crippen molar-refractivity contribution in [2.24, 2.45) is 0 Å². The maximum atomic E-state index is 0. The third-order valence-corrected chi connectivity index (χ3v) is 0. The molecule has 0 heterocycles. The molecule has 0 bridgehead atoms. The molecule has 0 rings (SSSR count). The van der Waals surface area contributed by atoms with Gasteiger partial charge in [-0.2, -0.15) is 0 Å². The van der Waals surface area contributed by atoms with Crippen LogP contribution in [0.3, 0.4) is 0 Å². The average molecular weight is 99.1 g/mol. The Morgan fingerprint density at radius 3 is 0.750 bits per heavy atom. The molecule has 16 valence electrons. The zero-order chi connectivity index (χ0) is 0. The molecule has 4 heteroatoms. The Kier molecular flexibility index (Phi) is 240. The van der Waals surface area contributed by atoms with Gasteiger partial charge in [-0.05, 0) is 0 Å². The largest absolute Gasteiger partial charge is 3.00 e. The second-order valence-electron chi connectivity index (χ2n) is 0. The van der Waals surface area contributed by atoms with Crippen molar-refractivity contribution in [3.05, 3.63) is 0 Å². The second-order valence-corrected chi connectivity index (χ2v) is 0. The quantitative estimate of drug-likeness (QED) is 0.350. The molecule has 0 aliphatic heterocycles. The molecule has 0 aromatic carbocycles. The molecule has 0 atom stereocenters. The van der Waals surface area contributed by atoms with Gasteiger partial charge >= 0.3 is 55.1 Å². The van der Waals surface area contributed by atoms with Crippen LogP contribution in [-0.4, -0.2) is 55.1 Å². The predicted molar refractivity (Wildman–Crippen MR) is 12.9 cm³/mol. The first-order valence-electron chi connectivity index (χ1n) is 0. The number of hydrogen-bond acceptors (Lipinski definition) is 0. The van der Waals surface area contributed by atoms with Gasteiger partial charge in [-0.15, -0.1) is 0 Å². The van der Waals surface area contributed by atoms with E-state index in [0.717, 1.165) is 0 Å². The summed E-state index contributed by atoms with van der Waals surface area (Å²) in [6.45, 7) is 0. The SMILES string of the molecule is [Al+3].[Ca+2].[O-2].[O-2]. The van der Waals surface area contributed by atoms with E-state index in [1.807, 2.05) is 0 Å². The van der Waals surface area contributed by atoms with E-state index < -0.39 is 0 Å².